The van der Waals surface area contributed by atoms with Gasteiger partial charge in [-0.15, -0.1) is 22.7 Å². The Bertz CT molecular complexity index is 831. The number of H-pyrrole nitrogens is 1. The van der Waals surface area contributed by atoms with E-state index in [0.29, 0.717) is 10.6 Å². The molecule has 1 amide bonds. The van der Waals surface area contributed by atoms with E-state index >= 15 is 0 Å². The number of aromatic nitrogens is 1. The Morgan fingerprint density at radius 1 is 1.40 bits per heavy atom. The summed E-state index contributed by atoms with van der Waals surface area (Å²) in [4.78, 5) is 15.8. The summed E-state index contributed by atoms with van der Waals surface area (Å²) < 4.78 is 6.90. The smallest absolute Gasteiger partial charge is 0.269 e. The molecule has 2 N–H and O–H groups in total. The standard InChI is InChI=1S/C13H10N2O2S3/c1-17-9-4-5-19-11(9)12(16)14-7-2-3-8-10(6-7)20-13(18)15-8/h2-6H,1H3,(H,14,16)(H,15,18). The molecule has 0 aliphatic carbocycles. The second kappa shape index (κ2) is 5.35. The third-order valence-corrected chi connectivity index (χ3v) is 4.83. The molecule has 2 aromatic heterocycles. The van der Waals surface area contributed by atoms with E-state index in [9.17, 15) is 4.79 Å². The molecule has 0 unspecified atom stereocenters. The first-order valence-corrected chi connectivity index (χ1v) is 7.83. The maximum Gasteiger partial charge on any atom is 0.269 e. The number of anilines is 1. The van der Waals surface area contributed by atoms with Gasteiger partial charge in [-0.2, -0.15) is 0 Å². The summed E-state index contributed by atoms with van der Waals surface area (Å²) >= 11 is 7.94. The molecule has 0 spiro atoms. The van der Waals surface area contributed by atoms with Crippen LogP contribution in [0, 0.1) is 3.95 Å². The van der Waals surface area contributed by atoms with E-state index in [1.807, 2.05) is 23.6 Å². The minimum absolute atomic E-state index is 0.171. The molecular weight excluding hydrogens is 312 g/mol. The van der Waals surface area contributed by atoms with Crippen LogP contribution in [0.3, 0.4) is 0 Å². The molecule has 102 valence electrons. The summed E-state index contributed by atoms with van der Waals surface area (Å²) in [5, 5.41) is 4.70. The second-order valence-corrected chi connectivity index (χ2v) is 6.63. The summed E-state index contributed by atoms with van der Waals surface area (Å²) in [5.41, 5.74) is 1.72. The first-order chi connectivity index (χ1) is 9.67. The molecular formula is C13H10N2O2S3. The minimum Gasteiger partial charge on any atom is -0.495 e. The van der Waals surface area contributed by atoms with Gasteiger partial charge in [-0.1, -0.05) is 0 Å². The molecule has 0 saturated heterocycles. The third kappa shape index (κ3) is 2.47. The van der Waals surface area contributed by atoms with Crippen LogP contribution in [-0.2, 0) is 0 Å². The SMILES string of the molecule is COc1ccsc1C(=O)Nc1ccc2[nH]c(=S)sc2c1. The van der Waals surface area contributed by atoms with Gasteiger partial charge in [0.15, 0.2) is 3.95 Å². The average molecular weight is 322 g/mol. The highest BCUT2D eigenvalue weighted by molar-refractivity contribution is 7.73. The van der Waals surface area contributed by atoms with Crippen molar-refractivity contribution in [2.45, 2.75) is 0 Å². The van der Waals surface area contributed by atoms with Gasteiger partial charge in [0.05, 0.1) is 17.3 Å². The van der Waals surface area contributed by atoms with Crippen LogP contribution >= 0.6 is 34.9 Å². The highest BCUT2D eigenvalue weighted by atomic mass is 32.1. The number of amides is 1. The lowest BCUT2D eigenvalue weighted by Crippen LogP contribution is -2.11. The van der Waals surface area contributed by atoms with E-state index in [1.54, 1.807) is 13.2 Å². The number of carbonyl (C=O) groups is 1. The van der Waals surface area contributed by atoms with Crippen LogP contribution in [0.1, 0.15) is 9.67 Å². The van der Waals surface area contributed by atoms with Crippen LogP contribution in [-0.4, -0.2) is 18.0 Å². The molecule has 0 atom stereocenters. The number of rotatable bonds is 3. The van der Waals surface area contributed by atoms with Gasteiger partial charge in [-0.25, -0.2) is 0 Å². The van der Waals surface area contributed by atoms with Crippen molar-refractivity contribution < 1.29 is 9.53 Å². The van der Waals surface area contributed by atoms with Crippen LogP contribution in [0.5, 0.6) is 5.75 Å². The van der Waals surface area contributed by atoms with Crippen molar-refractivity contribution in [1.29, 1.82) is 0 Å². The molecule has 0 saturated carbocycles. The van der Waals surface area contributed by atoms with Gasteiger partial charge in [0.1, 0.15) is 10.6 Å². The number of methoxy groups -OCH3 is 1. The first kappa shape index (κ1) is 13.3. The molecule has 3 rings (SSSR count). The number of hydrogen-bond acceptors (Lipinski definition) is 5. The Morgan fingerprint density at radius 2 is 2.25 bits per heavy atom. The van der Waals surface area contributed by atoms with Crippen molar-refractivity contribution >= 4 is 56.7 Å². The number of carbonyl (C=O) groups excluding carboxylic acids is 1. The topological polar surface area (TPSA) is 54.1 Å². The lowest BCUT2D eigenvalue weighted by atomic mass is 10.3. The number of thiophene rings is 1. The van der Waals surface area contributed by atoms with Gasteiger partial charge in [0.2, 0.25) is 0 Å². The van der Waals surface area contributed by atoms with Gasteiger partial charge in [-0.05, 0) is 41.9 Å². The molecule has 7 heteroatoms. The van der Waals surface area contributed by atoms with Crippen LogP contribution in [0.15, 0.2) is 29.6 Å². The Kier molecular flexibility index (Phi) is 3.56. The number of aromatic amines is 1. The third-order valence-electron chi connectivity index (χ3n) is 2.73. The van der Waals surface area contributed by atoms with Crippen LogP contribution in [0.25, 0.3) is 10.2 Å². The quantitative estimate of drug-likeness (QED) is 0.708. The summed E-state index contributed by atoms with van der Waals surface area (Å²) in [7, 11) is 1.55. The zero-order valence-corrected chi connectivity index (χ0v) is 12.9. The fourth-order valence-electron chi connectivity index (χ4n) is 1.83. The molecule has 0 aliphatic rings. The minimum atomic E-state index is -0.171. The molecule has 0 bridgehead atoms. The second-order valence-electron chi connectivity index (χ2n) is 4.00. The summed E-state index contributed by atoms with van der Waals surface area (Å²) in [5.74, 6) is 0.418. The fourth-order valence-corrected chi connectivity index (χ4v) is 3.74. The number of ether oxygens (including phenoxy) is 1. The van der Waals surface area contributed by atoms with E-state index in [-0.39, 0.29) is 5.91 Å². The number of thiazole rings is 1. The summed E-state index contributed by atoms with van der Waals surface area (Å²) in [6, 6.07) is 7.44. The molecule has 3 aromatic rings. The highest BCUT2D eigenvalue weighted by Crippen LogP contribution is 2.27. The van der Waals surface area contributed by atoms with Crippen molar-refractivity contribution in [3.8, 4) is 5.75 Å². The van der Waals surface area contributed by atoms with Crippen molar-refractivity contribution in [2.75, 3.05) is 12.4 Å². The maximum atomic E-state index is 12.2. The fraction of sp³-hybridized carbons (Fsp3) is 0.0769. The van der Waals surface area contributed by atoms with Gasteiger partial charge in [0.25, 0.3) is 5.91 Å². The Hall–Kier alpha value is -1.70. The predicted octanol–water partition coefficient (Wildman–Crippen LogP) is 4.28. The predicted molar refractivity (Wildman–Crippen MR) is 85.8 cm³/mol. The van der Waals surface area contributed by atoms with E-state index in [4.69, 9.17) is 17.0 Å². The zero-order chi connectivity index (χ0) is 14.1. The molecule has 1 aromatic carbocycles. The molecule has 0 fully saturated rings. The van der Waals surface area contributed by atoms with Gasteiger partial charge < -0.3 is 15.0 Å². The van der Waals surface area contributed by atoms with E-state index in [0.717, 1.165) is 19.9 Å². The molecule has 4 nitrogen and oxygen atoms in total. The van der Waals surface area contributed by atoms with Crippen LogP contribution in [0.2, 0.25) is 0 Å². The number of hydrogen-bond donors (Lipinski definition) is 2. The Morgan fingerprint density at radius 3 is 3.05 bits per heavy atom. The highest BCUT2D eigenvalue weighted by Gasteiger charge is 2.14. The zero-order valence-electron chi connectivity index (χ0n) is 10.4. The largest absolute Gasteiger partial charge is 0.495 e. The lowest BCUT2D eigenvalue weighted by molar-refractivity contribution is 0.102. The van der Waals surface area contributed by atoms with Gasteiger partial charge >= 0.3 is 0 Å². The maximum absolute atomic E-state index is 12.2. The molecule has 20 heavy (non-hydrogen) atoms. The molecule has 0 aliphatic heterocycles. The van der Waals surface area contributed by atoms with Crippen molar-refractivity contribution in [3.05, 3.63) is 38.5 Å². The van der Waals surface area contributed by atoms with Crippen molar-refractivity contribution in [3.63, 3.8) is 0 Å². The average Bonchev–Trinajstić information content (AvgIpc) is 3.02. The van der Waals surface area contributed by atoms with Crippen molar-refractivity contribution in [1.82, 2.24) is 4.98 Å². The summed E-state index contributed by atoms with van der Waals surface area (Å²) in [6.45, 7) is 0. The lowest BCUT2D eigenvalue weighted by Gasteiger charge is -2.05. The van der Waals surface area contributed by atoms with E-state index < -0.39 is 0 Å². The Labute approximate surface area is 128 Å². The number of nitrogens with one attached hydrogen (secondary N) is 2. The Balaban J connectivity index is 1.89. The van der Waals surface area contributed by atoms with E-state index in [1.165, 1.54) is 22.7 Å². The normalized spacial score (nSPS) is 10.7. The van der Waals surface area contributed by atoms with Crippen molar-refractivity contribution in [2.24, 2.45) is 0 Å². The monoisotopic (exact) mass is 322 g/mol. The van der Waals surface area contributed by atoms with Crippen LogP contribution in [0.4, 0.5) is 5.69 Å². The van der Waals surface area contributed by atoms with Gasteiger partial charge in [0, 0.05) is 5.69 Å². The first-order valence-electron chi connectivity index (χ1n) is 5.73. The molecule has 2 heterocycles. The van der Waals surface area contributed by atoms with Gasteiger partial charge in [-0.3, -0.25) is 4.79 Å². The summed E-state index contributed by atoms with van der Waals surface area (Å²) in [6.07, 6.45) is 0. The van der Waals surface area contributed by atoms with E-state index in [2.05, 4.69) is 10.3 Å². The number of fused-ring (bicyclic) bond motifs is 1. The van der Waals surface area contributed by atoms with Crippen LogP contribution < -0.4 is 10.1 Å². The molecule has 0 radical (unpaired) electrons. The number of benzene rings is 1.